The zero-order chi connectivity index (χ0) is 44.0. The van der Waals surface area contributed by atoms with Crippen molar-refractivity contribution in [1.29, 1.82) is 0 Å². The Bertz CT molecular complexity index is 3840. The van der Waals surface area contributed by atoms with Crippen molar-refractivity contribution < 1.29 is 0 Å². The molecule has 13 aromatic rings. The molecule has 9 aromatic carbocycles. The van der Waals surface area contributed by atoms with E-state index in [4.69, 9.17) is 9.97 Å². The van der Waals surface area contributed by atoms with E-state index in [-0.39, 0.29) is 0 Å². The lowest BCUT2D eigenvalue weighted by Crippen LogP contribution is -2.00. The van der Waals surface area contributed by atoms with Crippen molar-refractivity contribution >= 4 is 65.4 Å². The van der Waals surface area contributed by atoms with Gasteiger partial charge in [-0.1, -0.05) is 126 Å². The zero-order valence-electron chi connectivity index (χ0n) is 36.9. The summed E-state index contributed by atoms with van der Waals surface area (Å²) in [6.07, 6.45) is 0. The predicted octanol–water partition coefficient (Wildman–Crippen LogP) is 15.7. The summed E-state index contributed by atoms with van der Waals surface area (Å²) in [5, 5.41) is 7.44. The maximum absolute atomic E-state index is 5.17. The number of benzene rings is 9. The Hall–Kier alpha value is -8.54. The maximum Gasteiger partial charge on any atom is 0.160 e. The van der Waals surface area contributed by atoms with Gasteiger partial charge < -0.3 is 13.7 Å². The van der Waals surface area contributed by atoms with Crippen LogP contribution in [0.5, 0.6) is 0 Å². The average Bonchev–Trinajstić information content (AvgIpc) is 3.99. The van der Waals surface area contributed by atoms with Crippen molar-refractivity contribution in [2.75, 3.05) is 0 Å². The molecule has 312 valence electrons. The smallest absolute Gasteiger partial charge is 0.160 e. The highest BCUT2D eigenvalue weighted by atomic mass is 15.0. The minimum Gasteiger partial charge on any atom is -0.309 e. The molecule has 0 aliphatic heterocycles. The Kier molecular flexibility index (Phi) is 8.49. The van der Waals surface area contributed by atoms with Gasteiger partial charge >= 0.3 is 0 Å². The fourth-order valence-electron chi connectivity index (χ4n) is 10.4. The second kappa shape index (κ2) is 14.8. The Labute approximate surface area is 382 Å². The van der Waals surface area contributed by atoms with Crippen molar-refractivity contribution in [3.63, 3.8) is 0 Å². The van der Waals surface area contributed by atoms with Gasteiger partial charge in [0.25, 0.3) is 0 Å². The van der Waals surface area contributed by atoms with Crippen LogP contribution in [0.15, 0.2) is 206 Å². The van der Waals surface area contributed by atoms with Gasteiger partial charge in [-0.05, 0) is 117 Å². The number of nitrogens with zero attached hydrogens (tertiary/aromatic N) is 5. The molecule has 4 heterocycles. The van der Waals surface area contributed by atoms with Gasteiger partial charge in [-0.15, -0.1) is 0 Å². The Balaban J connectivity index is 1.04. The van der Waals surface area contributed by atoms with Gasteiger partial charge in [0, 0.05) is 66.1 Å². The molecule has 5 nitrogen and oxygen atoms in total. The molecule has 13 rings (SSSR count). The minimum absolute atomic E-state index is 0.708. The molecule has 0 unspecified atom stereocenters. The first kappa shape index (κ1) is 38.0. The van der Waals surface area contributed by atoms with E-state index in [2.05, 4.69) is 216 Å². The van der Waals surface area contributed by atoms with Crippen molar-refractivity contribution in [1.82, 2.24) is 23.7 Å². The van der Waals surface area contributed by atoms with Gasteiger partial charge in [-0.25, -0.2) is 9.97 Å². The predicted molar refractivity (Wildman–Crippen MR) is 276 cm³/mol. The third-order valence-electron chi connectivity index (χ3n) is 13.5. The number of hydrogen-bond acceptors (Lipinski definition) is 2. The van der Waals surface area contributed by atoms with Crippen LogP contribution < -0.4 is 0 Å². The fraction of sp³-hybridized carbons (Fsp3) is 0.0492. The van der Waals surface area contributed by atoms with Gasteiger partial charge in [0.05, 0.1) is 44.5 Å². The largest absolute Gasteiger partial charge is 0.309 e. The molecule has 5 heteroatoms. The molecule has 0 fully saturated rings. The summed E-state index contributed by atoms with van der Waals surface area (Å²) in [6.45, 7) is 6.57. The first-order valence-corrected chi connectivity index (χ1v) is 22.7. The lowest BCUT2D eigenvalue weighted by Gasteiger charge is -2.15. The number of rotatable bonds is 6. The molecular weight excluding hydrogens is 803 g/mol. The van der Waals surface area contributed by atoms with Gasteiger partial charge in [0.2, 0.25) is 0 Å². The fourth-order valence-corrected chi connectivity index (χ4v) is 10.4. The summed E-state index contributed by atoms with van der Waals surface area (Å²) < 4.78 is 7.31. The first-order valence-electron chi connectivity index (χ1n) is 22.7. The zero-order valence-corrected chi connectivity index (χ0v) is 36.9. The number of fused-ring (bicyclic) bond motifs is 9. The minimum atomic E-state index is 0.708. The highest BCUT2D eigenvalue weighted by Crippen LogP contribution is 2.41. The first-order chi connectivity index (χ1) is 32.4. The van der Waals surface area contributed by atoms with Crippen molar-refractivity contribution in [2.24, 2.45) is 0 Å². The highest BCUT2D eigenvalue weighted by Gasteiger charge is 2.21. The molecule has 0 radical (unpaired) electrons. The van der Waals surface area contributed by atoms with Crippen LogP contribution in [-0.4, -0.2) is 23.7 Å². The molecular formula is C61H43N5. The Morgan fingerprint density at radius 1 is 0.303 bits per heavy atom. The van der Waals surface area contributed by atoms with Crippen molar-refractivity contribution in [3.8, 4) is 51.0 Å². The lowest BCUT2D eigenvalue weighted by atomic mass is 10.0. The van der Waals surface area contributed by atoms with E-state index >= 15 is 0 Å². The van der Waals surface area contributed by atoms with E-state index in [9.17, 15) is 0 Å². The van der Waals surface area contributed by atoms with Crippen LogP contribution in [-0.2, 0) is 0 Å². The standard InChI is InChI=1S/C61H43N5/c1-38-22-27-57-48(32-38)46-18-10-12-20-55(46)64(57)44-25-30-59-50(35-44)51-36-45(65-56-21-13-11-19-47(56)49-33-39(2)23-28-58(49)65)26-31-60(51)66(59)54-29-24-43(34-40(54)3)53-37-52(41-14-6-4-7-15-41)62-61(63-53)42-16-8-5-9-17-42/h4-37H,1-3H3. The van der Waals surface area contributed by atoms with Gasteiger partial charge in [0.1, 0.15) is 0 Å². The molecule has 0 amide bonds. The number of hydrogen-bond donors (Lipinski definition) is 0. The van der Waals surface area contributed by atoms with Crippen LogP contribution in [0, 0.1) is 20.8 Å². The average molecular weight is 846 g/mol. The summed E-state index contributed by atoms with van der Waals surface area (Å²) in [7, 11) is 0. The maximum atomic E-state index is 5.17. The molecule has 0 atom stereocenters. The third kappa shape index (κ3) is 5.94. The number of aryl methyl sites for hydroxylation is 3. The van der Waals surface area contributed by atoms with Gasteiger partial charge in [-0.2, -0.15) is 0 Å². The SMILES string of the molecule is Cc1ccc2c(c1)c1ccccc1n2-c1ccc2c(c1)c1cc(-n3c4ccccc4c4cc(C)ccc43)ccc1n2-c1ccc(-c2cc(-c3ccccc3)nc(-c3ccccc3)n2)cc1C. The van der Waals surface area contributed by atoms with Crippen LogP contribution in [0.1, 0.15) is 16.7 Å². The van der Waals surface area contributed by atoms with E-state index in [1.165, 1.54) is 65.5 Å². The van der Waals surface area contributed by atoms with Crippen LogP contribution in [0.3, 0.4) is 0 Å². The highest BCUT2D eigenvalue weighted by molar-refractivity contribution is 6.14. The second-order valence-electron chi connectivity index (χ2n) is 17.7. The van der Waals surface area contributed by atoms with E-state index < -0.39 is 0 Å². The molecule has 0 spiro atoms. The summed E-state index contributed by atoms with van der Waals surface area (Å²) in [4.78, 5) is 10.2. The van der Waals surface area contributed by atoms with E-state index in [1.54, 1.807) is 0 Å². The quantitative estimate of drug-likeness (QED) is 0.167. The molecule has 0 aliphatic carbocycles. The van der Waals surface area contributed by atoms with Crippen LogP contribution >= 0.6 is 0 Å². The van der Waals surface area contributed by atoms with Crippen molar-refractivity contribution in [2.45, 2.75) is 20.8 Å². The molecule has 66 heavy (non-hydrogen) atoms. The summed E-state index contributed by atoms with van der Waals surface area (Å²) in [5.41, 5.74) is 19.0. The van der Waals surface area contributed by atoms with Gasteiger partial charge in [0.15, 0.2) is 5.82 Å². The number of para-hydroxylation sites is 2. The molecule has 0 aliphatic rings. The van der Waals surface area contributed by atoms with E-state index in [0.717, 1.165) is 61.7 Å². The van der Waals surface area contributed by atoms with Crippen molar-refractivity contribution in [3.05, 3.63) is 223 Å². The summed E-state index contributed by atoms with van der Waals surface area (Å²) >= 11 is 0. The van der Waals surface area contributed by atoms with Crippen LogP contribution in [0.25, 0.3) is 116 Å². The molecule has 0 bridgehead atoms. The van der Waals surface area contributed by atoms with Crippen LogP contribution in [0.2, 0.25) is 0 Å². The summed E-state index contributed by atoms with van der Waals surface area (Å²) in [5.74, 6) is 0.708. The third-order valence-corrected chi connectivity index (χ3v) is 13.5. The van der Waals surface area contributed by atoms with Gasteiger partial charge in [-0.3, -0.25) is 0 Å². The normalized spacial score (nSPS) is 11.9. The van der Waals surface area contributed by atoms with E-state index in [1.807, 2.05) is 24.3 Å². The summed E-state index contributed by atoms with van der Waals surface area (Å²) in [6, 6.07) is 74.7. The second-order valence-corrected chi connectivity index (χ2v) is 17.7. The monoisotopic (exact) mass is 845 g/mol. The Morgan fingerprint density at radius 3 is 1.29 bits per heavy atom. The lowest BCUT2D eigenvalue weighted by molar-refractivity contribution is 1.14. The molecule has 0 N–H and O–H groups in total. The Morgan fingerprint density at radius 2 is 0.742 bits per heavy atom. The molecule has 4 aromatic heterocycles. The molecule has 0 saturated carbocycles. The molecule has 0 saturated heterocycles. The van der Waals surface area contributed by atoms with Crippen LogP contribution in [0.4, 0.5) is 0 Å². The van der Waals surface area contributed by atoms with E-state index in [0.29, 0.717) is 5.82 Å². The topological polar surface area (TPSA) is 40.6 Å². The number of aromatic nitrogens is 5.